The number of benzene rings is 2. The van der Waals surface area contributed by atoms with Crippen molar-refractivity contribution >= 4 is 29.0 Å². The Hall–Kier alpha value is -2.74. The molecule has 32 heavy (non-hydrogen) atoms. The van der Waals surface area contributed by atoms with Crippen LogP contribution in [0.15, 0.2) is 48.5 Å². The van der Waals surface area contributed by atoms with Gasteiger partial charge in [0.2, 0.25) is 0 Å². The molecule has 0 saturated heterocycles. The van der Waals surface area contributed by atoms with Crippen LogP contribution in [0.5, 0.6) is 5.75 Å². The highest BCUT2D eigenvalue weighted by Gasteiger charge is 2.15. The fourth-order valence-electron chi connectivity index (χ4n) is 3.54. The van der Waals surface area contributed by atoms with Crippen LogP contribution in [-0.2, 0) is 0 Å². The van der Waals surface area contributed by atoms with Crippen LogP contribution in [-0.4, -0.2) is 11.6 Å². The van der Waals surface area contributed by atoms with Crippen LogP contribution < -0.4 is 10.5 Å². The van der Waals surface area contributed by atoms with Crippen molar-refractivity contribution in [2.45, 2.75) is 45.4 Å². The number of ether oxygens (including phenoxy) is 1. The number of nitrogens with zero attached hydrogens (tertiary/aromatic N) is 2. The summed E-state index contributed by atoms with van der Waals surface area (Å²) in [5.41, 5.74) is 9.20. The number of nitrogen functional groups attached to an aromatic ring is 1. The van der Waals surface area contributed by atoms with Crippen molar-refractivity contribution in [1.82, 2.24) is 4.98 Å². The first-order valence-corrected chi connectivity index (χ1v) is 11.7. The summed E-state index contributed by atoms with van der Waals surface area (Å²) in [6.07, 6.45) is 7.35. The van der Waals surface area contributed by atoms with Crippen LogP contribution in [0.3, 0.4) is 0 Å². The van der Waals surface area contributed by atoms with Crippen molar-refractivity contribution in [3.8, 4) is 34.2 Å². The minimum atomic E-state index is 0.152. The molecule has 1 aromatic heterocycles. The zero-order chi connectivity index (χ0) is 22.9. The fourth-order valence-corrected chi connectivity index (χ4v) is 3.93. The smallest absolute Gasteiger partial charge is 0.142 e. The first-order chi connectivity index (χ1) is 15.5. The van der Waals surface area contributed by atoms with E-state index in [1.165, 1.54) is 32.1 Å². The number of pyridine rings is 1. The quantitative estimate of drug-likeness (QED) is 0.307. The Morgan fingerprint density at radius 3 is 2.38 bits per heavy atom. The largest absolute Gasteiger partial charge is 0.494 e. The standard InChI is InChI=1S/C26H27Cl2N3O/c1-2-3-4-5-6-7-14-32-20-11-8-18(9-12-20)21-16-25(31-26(30)23(21)17-29)22-15-19(27)10-13-24(22)28/h8-13,15-16H,2-7,14H2,1H3,(H2,30,31). The minimum absolute atomic E-state index is 0.152. The number of unbranched alkanes of at least 4 members (excludes halogenated alkanes) is 5. The van der Waals surface area contributed by atoms with E-state index in [0.29, 0.717) is 39.0 Å². The number of halogens is 2. The van der Waals surface area contributed by atoms with Crippen molar-refractivity contribution in [3.05, 3.63) is 64.1 Å². The van der Waals surface area contributed by atoms with Gasteiger partial charge in [0.25, 0.3) is 0 Å². The minimum Gasteiger partial charge on any atom is -0.494 e. The molecular weight excluding hydrogens is 441 g/mol. The third kappa shape index (κ3) is 6.16. The van der Waals surface area contributed by atoms with E-state index in [0.717, 1.165) is 17.7 Å². The number of hydrogen-bond acceptors (Lipinski definition) is 4. The van der Waals surface area contributed by atoms with E-state index in [1.54, 1.807) is 18.2 Å². The number of rotatable bonds is 10. The fraction of sp³-hybridized carbons (Fsp3) is 0.308. The second-order valence-electron chi connectivity index (χ2n) is 7.69. The van der Waals surface area contributed by atoms with Crippen LogP contribution >= 0.6 is 23.2 Å². The Bertz CT molecular complexity index is 1090. The maximum atomic E-state index is 9.65. The number of nitriles is 1. The lowest BCUT2D eigenvalue weighted by Crippen LogP contribution is -2.00. The van der Waals surface area contributed by atoms with Crippen LogP contribution in [0.25, 0.3) is 22.4 Å². The van der Waals surface area contributed by atoms with Gasteiger partial charge in [0, 0.05) is 16.1 Å². The van der Waals surface area contributed by atoms with Crippen molar-refractivity contribution in [2.24, 2.45) is 0 Å². The SMILES string of the molecule is CCCCCCCCOc1ccc(-c2cc(-c3cc(Cl)ccc3Cl)nc(N)c2C#N)cc1. The van der Waals surface area contributed by atoms with E-state index in [4.69, 9.17) is 33.7 Å². The van der Waals surface area contributed by atoms with Gasteiger partial charge in [0.1, 0.15) is 23.2 Å². The Labute approximate surface area is 200 Å². The third-order valence-electron chi connectivity index (χ3n) is 5.30. The highest BCUT2D eigenvalue weighted by molar-refractivity contribution is 6.35. The normalized spacial score (nSPS) is 10.7. The lowest BCUT2D eigenvalue weighted by Gasteiger charge is -2.12. The summed E-state index contributed by atoms with van der Waals surface area (Å²) >= 11 is 12.5. The van der Waals surface area contributed by atoms with Gasteiger partial charge in [-0.1, -0.05) is 74.4 Å². The summed E-state index contributed by atoms with van der Waals surface area (Å²) < 4.78 is 5.87. The molecule has 0 radical (unpaired) electrons. The van der Waals surface area contributed by atoms with Gasteiger partial charge in [-0.2, -0.15) is 5.26 Å². The molecule has 0 spiro atoms. The zero-order valence-corrected chi connectivity index (χ0v) is 19.7. The highest BCUT2D eigenvalue weighted by Crippen LogP contribution is 2.35. The van der Waals surface area contributed by atoms with Gasteiger partial charge in [-0.3, -0.25) is 0 Å². The van der Waals surface area contributed by atoms with Crippen LogP contribution in [0.4, 0.5) is 5.82 Å². The summed E-state index contributed by atoms with van der Waals surface area (Å²) in [6.45, 7) is 2.93. The molecular formula is C26H27Cl2N3O. The predicted octanol–water partition coefficient (Wildman–Crippen LogP) is 7.92. The van der Waals surface area contributed by atoms with Gasteiger partial charge >= 0.3 is 0 Å². The van der Waals surface area contributed by atoms with E-state index in [1.807, 2.05) is 30.3 Å². The molecule has 0 aliphatic rings. The van der Waals surface area contributed by atoms with Crippen molar-refractivity contribution in [2.75, 3.05) is 12.3 Å². The summed E-state index contributed by atoms with van der Waals surface area (Å²) in [5.74, 6) is 0.959. The van der Waals surface area contributed by atoms with Crippen LogP contribution in [0, 0.1) is 11.3 Å². The maximum Gasteiger partial charge on any atom is 0.142 e. The molecule has 0 unspecified atom stereocenters. The van der Waals surface area contributed by atoms with Crippen LogP contribution in [0.2, 0.25) is 10.0 Å². The lowest BCUT2D eigenvalue weighted by atomic mass is 9.98. The molecule has 0 atom stereocenters. The highest BCUT2D eigenvalue weighted by atomic mass is 35.5. The molecule has 0 saturated carbocycles. The number of aromatic nitrogens is 1. The van der Waals surface area contributed by atoms with E-state index >= 15 is 0 Å². The molecule has 2 aromatic carbocycles. The monoisotopic (exact) mass is 467 g/mol. The first kappa shape index (κ1) is 23.9. The Morgan fingerprint density at radius 2 is 1.66 bits per heavy atom. The van der Waals surface area contributed by atoms with E-state index in [-0.39, 0.29) is 5.82 Å². The van der Waals surface area contributed by atoms with Crippen molar-refractivity contribution in [3.63, 3.8) is 0 Å². The second-order valence-corrected chi connectivity index (χ2v) is 8.54. The molecule has 1 heterocycles. The Balaban J connectivity index is 1.77. The average Bonchev–Trinajstić information content (AvgIpc) is 2.80. The first-order valence-electron chi connectivity index (χ1n) is 10.9. The van der Waals surface area contributed by atoms with Gasteiger partial charge in [-0.15, -0.1) is 0 Å². The summed E-state index contributed by atoms with van der Waals surface area (Å²) in [7, 11) is 0. The number of nitrogens with two attached hydrogens (primary N) is 1. The second kappa shape index (κ2) is 11.8. The lowest BCUT2D eigenvalue weighted by molar-refractivity contribution is 0.304. The molecule has 0 bridgehead atoms. The van der Waals surface area contributed by atoms with E-state index in [2.05, 4.69) is 18.0 Å². The molecule has 3 rings (SSSR count). The topological polar surface area (TPSA) is 71.9 Å². The van der Waals surface area contributed by atoms with Crippen molar-refractivity contribution in [1.29, 1.82) is 5.26 Å². The molecule has 4 nitrogen and oxygen atoms in total. The molecule has 0 amide bonds. The Morgan fingerprint density at radius 1 is 0.938 bits per heavy atom. The molecule has 0 fully saturated rings. The summed E-state index contributed by atoms with van der Waals surface area (Å²) in [4.78, 5) is 4.38. The molecule has 0 aliphatic heterocycles. The molecule has 0 aliphatic carbocycles. The summed E-state index contributed by atoms with van der Waals surface area (Å²) in [6, 6.07) is 16.8. The van der Waals surface area contributed by atoms with E-state index < -0.39 is 0 Å². The predicted molar refractivity (Wildman–Crippen MR) is 133 cm³/mol. The molecule has 6 heteroatoms. The number of hydrogen-bond donors (Lipinski definition) is 1. The van der Waals surface area contributed by atoms with Gasteiger partial charge < -0.3 is 10.5 Å². The van der Waals surface area contributed by atoms with Gasteiger partial charge in [-0.05, 0) is 48.4 Å². The zero-order valence-electron chi connectivity index (χ0n) is 18.2. The Kier molecular flexibility index (Phi) is 8.79. The summed E-state index contributed by atoms with van der Waals surface area (Å²) in [5, 5.41) is 10.7. The van der Waals surface area contributed by atoms with Gasteiger partial charge in [0.15, 0.2) is 0 Å². The van der Waals surface area contributed by atoms with Gasteiger partial charge in [0.05, 0.1) is 17.3 Å². The molecule has 2 N–H and O–H groups in total. The molecule has 3 aromatic rings. The molecule has 166 valence electrons. The average molecular weight is 468 g/mol. The van der Waals surface area contributed by atoms with Crippen molar-refractivity contribution < 1.29 is 4.74 Å². The van der Waals surface area contributed by atoms with Crippen LogP contribution in [0.1, 0.15) is 51.0 Å². The van der Waals surface area contributed by atoms with Gasteiger partial charge in [-0.25, -0.2) is 4.98 Å². The number of anilines is 1. The van der Waals surface area contributed by atoms with E-state index in [9.17, 15) is 5.26 Å². The maximum absolute atomic E-state index is 9.65. The third-order valence-corrected chi connectivity index (χ3v) is 5.86.